The second kappa shape index (κ2) is 8.43. The average molecular weight is 478 g/mol. The van der Waals surface area contributed by atoms with Crippen molar-refractivity contribution >= 4 is 32.3 Å². The van der Waals surface area contributed by atoms with Crippen LogP contribution in [0.25, 0.3) is 21.0 Å². The number of aromatic nitrogens is 2. The Morgan fingerprint density at radius 2 is 1.83 bits per heavy atom. The molecule has 2 aliphatic rings. The lowest BCUT2D eigenvalue weighted by atomic mass is 9.92. The van der Waals surface area contributed by atoms with E-state index >= 15 is 0 Å². The van der Waals surface area contributed by atoms with Crippen LogP contribution in [0, 0.1) is 0 Å². The van der Waals surface area contributed by atoms with Crippen LogP contribution in [0.3, 0.4) is 0 Å². The smallest absolute Gasteiger partial charge is 0.262 e. The summed E-state index contributed by atoms with van der Waals surface area (Å²) < 4.78 is 1.79. The summed E-state index contributed by atoms with van der Waals surface area (Å²) in [6, 6.07) is 24.4. The number of hydrogen-bond donors (Lipinski definition) is 1. The summed E-state index contributed by atoms with van der Waals surface area (Å²) >= 11 is 1.71. The van der Waals surface area contributed by atoms with Crippen LogP contribution < -0.4 is 10.9 Å². The highest BCUT2D eigenvalue weighted by molar-refractivity contribution is 7.18. The van der Waals surface area contributed by atoms with Crippen LogP contribution in [-0.4, -0.2) is 15.6 Å². The molecule has 0 amide bonds. The first-order valence-corrected chi connectivity index (χ1v) is 13.4. The van der Waals surface area contributed by atoms with Crippen molar-refractivity contribution in [1.82, 2.24) is 14.9 Å². The number of aryl methyl sites for hydroxylation is 2. The zero-order valence-electron chi connectivity index (χ0n) is 19.5. The molecular formula is C30H27N3OS. The van der Waals surface area contributed by atoms with Gasteiger partial charge in [0.05, 0.1) is 18.3 Å². The Labute approximate surface area is 208 Å². The molecule has 4 nitrogen and oxygen atoms in total. The first-order chi connectivity index (χ1) is 17.2. The molecule has 0 fully saturated rings. The molecule has 3 aromatic carbocycles. The van der Waals surface area contributed by atoms with Crippen molar-refractivity contribution in [2.75, 3.05) is 0 Å². The monoisotopic (exact) mass is 477 g/mol. The van der Waals surface area contributed by atoms with Crippen LogP contribution in [0.2, 0.25) is 0 Å². The summed E-state index contributed by atoms with van der Waals surface area (Å²) in [5, 5.41) is 7.17. The highest BCUT2D eigenvalue weighted by atomic mass is 32.1. The van der Waals surface area contributed by atoms with E-state index in [1.54, 1.807) is 22.2 Å². The Balaban J connectivity index is 1.17. The number of hydrogen-bond acceptors (Lipinski definition) is 4. The Bertz CT molecular complexity index is 1630. The number of nitrogens with zero attached hydrogens (tertiary/aromatic N) is 2. The summed E-state index contributed by atoms with van der Waals surface area (Å²) in [5.41, 5.74) is 5.43. The van der Waals surface area contributed by atoms with Gasteiger partial charge < -0.3 is 5.32 Å². The van der Waals surface area contributed by atoms with Gasteiger partial charge in [0.1, 0.15) is 4.83 Å². The van der Waals surface area contributed by atoms with E-state index in [4.69, 9.17) is 4.98 Å². The molecule has 7 rings (SSSR count). The highest BCUT2D eigenvalue weighted by Crippen LogP contribution is 2.36. The summed E-state index contributed by atoms with van der Waals surface area (Å²) in [7, 11) is 0. The van der Waals surface area contributed by atoms with Crippen molar-refractivity contribution < 1.29 is 0 Å². The molecule has 0 spiro atoms. The zero-order chi connectivity index (χ0) is 23.4. The third kappa shape index (κ3) is 3.62. The van der Waals surface area contributed by atoms with E-state index in [9.17, 15) is 4.79 Å². The molecule has 5 heteroatoms. The van der Waals surface area contributed by atoms with Crippen molar-refractivity contribution in [1.29, 1.82) is 0 Å². The van der Waals surface area contributed by atoms with Crippen molar-refractivity contribution in [3.63, 3.8) is 0 Å². The first-order valence-electron chi connectivity index (χ1n) is 12.5. The second-order valence-corrected chi connectivity index (χ2v) is 11.0. The van der Waals surface area contributed by atoms with Gasteiger partial charge in [-0.3, -0.25) is 9.36 Å². The van der Waals surface area contributed by atoms with Crippen molar-refractivity contribution in [2.24, 2.45) is 0 Å². The summed E-state index contributed by atoms with van der Waals surface area (Å²) in [6.07, 6.45) is 7.06. The number of thiophene rings is 1. The maximum absolute atomic E-state index is 13.6. The molecular weight excluding hydrogens is 450 g/mol. The second-order valence-electron chi connectivity index (χ2n) is 9.90. The van der Waals surface area contributed by atoms with E-state index in [-0.39, 0.29) is 5.56 Å². The standard InChI is InChI=1S/C30H27N3OS/c34-30-28-25-14-13-22(32-26-15-12-20-7-2-4-11-24(20)26)16-27(25)35-29(28)31-18-33(30)17-21-9-5-8-19-6-1-3-10-23(19)21/h1-11,18,22,26,32H,12-17H2. The molecule has 1 N–H and O–H groups in total. The van der Waals surface area contributed by atoms with Crippen LogP contribution in [0.4, 0.5) is 0 Å². The normalized spacial score (nSPS) is 19.2. The Morgan fingerprint density at radius 3 is 2.80 bits per heavy atom. The van der Waals surface area contributed by atoms with E-state index in [1.807, 2.05) is 0 Å². The number of fused-ring (bicyclic) bond motifs is 5. The van der Waals surface area contributed by atoms with E-state index in [1.165, 1.54) is 38.8 Å². The zero-order valence-corrected chi connectivity index (χ0v) is 20.4. The fraction of sp³-hybridized carbons (Fsp3) is 0.267. The number of benzene rings is 3. The molecule has 2 atom stereocenters. The SMILES string of the molecule is O=c1c2c3c(sc2ncn1Cc1cccc2ccccc12)CC(NC1CCc2ccccc21)CC3. The lowest BCUT2D eigenvalue weighted by Crippen LogP contribution is -2.36. The molecule has 0 saturated heterocycles. The van der Waals surface area contributed by atoms with Crippen LogP contribution in [0.5, 0.6) is 0 Å². The molecule has 0 radical (unpaired) electrons. The minimum atomic E-state index is 0.0940. The predicted molar refractivity (Wildman–Crippen MR) is 143 cm³/mol. The van der Waals surface area contributed by atoms with E-state index in [0.29, 0.717) is 18.6 Å². The van der Waals surface area contributed by atoms with Gasteiger partial charge in [0.15, 0.2) is 0 Å². The van der Waals surface area contributed by atoms with Gasteiger partial charge in [0.2, 0.25) is 0 Å². The summed E-state index contributed by atoms with van der Waals surface area (Å²) in [6.45, 7) is 0.541. The van der Waals surface area contributed by atoms with Gasteiger partial charge in [-0.05, 0) is 65.1 Å². The third-order valence-corrected chi connectivity index (χ3v) is 8.99. The molecule has 35 heavy (non-hydrogen) atoms. The minimum Gasteiger partial charge on any atom is -0.307 e. The third-order valence-electron chi connectivity index (χ3n) is 7.83. The van der Waals surface area contributed by atoms with Gasteiger partial charge in [-0.15, -0.1) is 11.3 Å². The number of nitrogens with one attached hydrogen (secondary N) is 1. The Kier molecular flexibility index (Phi) is 5.07. The van der Waals surface area contributed by atoms with Gasteiger partial charge in [0, 0.05) is 17.0 Å². The van der Waals surface area contributed by atoms with Crippen LogP contribution >= 0.6 is 11.3 Å². The minimum absolute atomic E-state index is 0.0940. The molecule has 5 aromatic rings. The van der Waals surface area contributed by atoms with Crippen molar-refractivity contribution in [3.8, 4) is 0 Å². The lowest BCUT2D eigenvalue weighted by Gasteiger charge is -2.27. The van der Waals surface area contributed by atoms with Crippen molar-refractivity contribution in [2.45, 2.75) is 50.7 Å². The van der Waals surface area contributed by atoms with E-state index < -0.39 is 0 Å². The quantitative estimate of drug-likeness (QED) is 0.356. The molecule has 0 bridgehead atoms. The molecule has 174 valence electrons. The topological polar surface area (TPSA) is 46.9 Å². The van der Waals surface area contributed by atoms with E-state index in [2.05, 4.69) is 72.0 Å². The van der Waals surface area contributed by atoms with Gasteiger partial charge in [-0.25, -0.2) is 4.98 Å². The van der Waals surface area contributed by atoms with Crippen LogP contribution in [-0.2, 0) is 25.8 Å². The van der Waals surface area contributed by atoms with E-state index in [0.717, 1.165) is 41.5 Å². The molecule has 0 aliphatic heterocycles. The fourth-order valence-corrected chi connectivity index (χ4v) is 7.34. The Hall–Kier alpha value is -3.28. The molecule has 2 aromatic heterocycles. The summed E-state index contributed by atoms with van der Waals surface area (Å²) in [5.74, 6) is 0. The van der Waals surface area contributed by atoms with Gasteiger partial charge in [0.25, 0.3) is 5.56 Å². The lowest BCUT2D eigenvalue weighted by molar-refractivity contribution is 0.400. The van der Waals surface area contributed by atoms with Gasteiger partial charge in [-0.1, -0.05) is 66.7 Å². The van der Waals surface area contributed by atoms with Gasteiger partial charge in [-0.2, -0.15) is 0 Å². The Morgan fingerprint density at radius 1 is 0.971 bits per heavy atom. The maximum atomic E-state index is 13.6. The average Bonchev–Trinajstić information content (AvgIpc) is 3.47. The largest absolute Gasteiger partial charge is 0.307 e. The number of rotatable bonds is 4. The fourth-order valence-electron chi connectivity index (χ4n) is 6.08. The van der Waals surface area contributed by atoms with Crippen LogP contribution in [0.15, 0.2) is 77.9 Å². The molecule has 2 aliphatic carbocycles. The highest BCUT2D eigenvalue weighted by Gasteiger charge is 2.29. The van der Waals surface area contributed by atoms with Gasteiger partial charge >= 0.3 is 0 Å². The summed E-state index contributed by atoms with van der Waals surface area (Å²) in [4.78, 5) is 20.6. The molecule has 2 heterocycles. The van der Waals surface area contributed by atoms with Crippen molar-refractivity contribution in [3.05, 3.63) is 111 Å². The first kappa shape index (κ1) is 21.0. The molecule has 2 unspecified atom stereocenters. The maximum Gasteiger partial charge on any atom is 0.262 e. The predicted octanol–water partition coefficient (Wildman–Crippen LogP) is 5.79. The van der Waals surface area contributed by atoms with Crippen LogP contribution in [0.1, 0.15) is 46.0 Å². The molecule has 0 saturated carbocycles.